The van der Waals surface area contributed by atoms with Gasteiger partial charge in [-0.3, -0.25) is 9.59 Å². The third kappa shape index (κ3) is 15.0. The molecular formula is C61H76F4N8O12V2-2. The van der Waals surface area contributed by atoms with Gasteiger partial charge in [0.05, 0.1) is 49.4 Å². The van der Waals surface area contributed by atoms with Gasteiger partial charge in [-0.25, -0.2) is 42.1 Å². The predicted octanol–water partition coefficient (Wildman–Crippen LogP) is 9.46. The molecular weight excluding hydrogens is 1210 g/mol. The summed E-state index contributed by atoms with van der Waals surface area (Å²) in [6.07, 6.45) is 3.32. The second-order valence-corrected chi connectivity index (χ2v) is 25.9. The van der Waals surface area contributed by atoms with Gasteiger partial charge in [-0.05, 0) is 98.3 Å². The number of amides is 4. The number of alkyl carbamates (subject to hydrolysis) is 2. The normalized spacial score (nSPS) is 30.1. The van der Waals surface area contributed by atoms with Crippen LogP contribution in [0.1, 0.15) is 138 Å². The molecule has 0 unspecified atom stereocenters. The molecule has 26 heteroatoms. The second kappa shape index (κ2) is 26.6. The predicted molar refractivity (Wildman–Crippen MR) is 301 cm³/mol. The molecule has 2 aromatic carbocycles. The maximum absolute atomic E-state index is 15.9. The first-order valence-corrected chi connectivity index (χ1v) is 29.1. The first-order valence-electron chi connectivity index (χ1n) is 29.1. The van der Waals surface area contributed by atoms with Crippen molar-refractivity contribution in [3.05, 3.63) is 47.8 Å². The number of carbonyl (C=O) groups excluding carboxylic acids is 6. The zero-order valence-electron chi connectivity index (χ0n) is 50.8. The molecule has 20 nitrogen and oxygen atoms in total. The summed E-state index contributed by atoms with van der Waals surface area (Å²) in [7, 11) is 2.97. The van der Waals surface area contributed by atoms with Crippen LogP contribution in [0.15, 0.2) is 36.4 Å². The summed E-state index contributed by atoms with van der Waals surface area (Å²) in [4.78, 5) is 97.9. The number of methoxy groups -OCH3 is 2. The molecule has 4 bridgehead atoms. The van der Waals surface area contributed by atoms with Crippen LogP contribution in [0.5, 0.6) is 23.3 Å². The summed E-state index contributed by atoms with van der Waals surface area (Å²) in [6.45, 7) is 15.7. The number of ether oxygens (including phenoxy) is 6. The quantitative estimate of drug-likeness (QED) is 0.143. The Hall–Kier alpha value is -5.97. The van der Waals surface area contributed by atoms with Gasteiger partial charge >= 0.3 is 12.2 Å². The number of hydrogen-bond acceptors (Lipinski definition) is 16. The zero-order chi connectivity index (χ0) is 61.7. The number of aromatic nitrogens is 4. The Labute approximate surface area is 527 Å². The summed E-state index contributed by atoms with van der Waals surface area (Å²) in [5.41, 5.74) is -2.25. The van der Waals surface area contributed by atoms with Crippen LogP contribution >= 0.6 is 0 Å². The van der Waals surface area contributed by atoms with Crippen LogP contribution in [0.4, 0.5) is 27.2 Å². The summed E-state index contributed by atoms with van der Waals surface area (Å²) >= 11 is 0. The van der Waals surface area contributed by atoms with Crippen LogP contribution in [0.2, 0.25) is 0 Å². The van der Waals surface area contributed by atoms with Crippen molar-refractivity contribution in [3.8, 4) is 23.3 Å². The third-order valence-corrected chi connectivity index (χ3v) is 17.5. The van der Waals surface area contributed by atoms with Gasteiger partial charge in [0, 0.05) is 68.0 Å². The number of rotatable bonds is 4. The number of nitrogens with zero attached hydrogens (tertiary/aromatic N) is 6. The molecule has 4 aromatic rings. The number of nitrogens with one attached hydrogen (secondary N) is 2. The Morgan fingerprint density at radius 1 is 0.609 bits per heavy atom. The first-order chi connectivity index (χ1) is 40.0. The van der Waals surface area contributed by atoms with Crippen molar-refractivity contribution in [1.29, 1.82) is 0 Å². The zero-order valence-corrected chi connectivity index (χ0v) is 53.6. The van der Waals surface area contributed by atoms with Crippen LogP contribution in [0, 0.1) is 34.5 Å². The molecule has 4 amide bonds. The number of alkyl halides is 4. The maximum Gasteiger partial charge on any atom is 0.408 e. The van der Waals surface area contributed by atoms with E-state index in [0.29, 0.717) is 61.1 Å². The molecule has 6 heterocycles. The molecule has 87 heavy (non-hydrogen) atoms. The third-order valence-electron chi connectivity index (χ3n) is 17.5. The first kappa shape index (κ1) is 68.5. The van der Waals surface area contributed by atoms with Crippen LogP contribution in [0.3, 0.4) is 0 Å². The summed E-state index contributed by atoms with van der Waals surface area (Å²) < 4.78 is 97.3. The van der Waals surface area contributed by atoms with Crippen molar-refractivity contribution in [2.24, 2.45) is 34.5 Å². The Balaban J connectivity index is 0.000000243. The topological polar surface area (TPSA) is 240 Å². The molecule has 2 saturated carbocycles. The number of benzene rings is 2. The Morgan fingerprint density at radius 2 is 1.05 bits per heavy atom. The Bertz CT molecular complexity index is 3210. The average Bonchev–Trinajstić information content (AvgIpc) is 1.98. The van der Waals surface area contributed by atoms with E-state index < -0.39 is 125 Å². The molecule has 4 fully saturated rings. The van der Waals surface area contributed by atoms with Gasteiger partial charge in [0.2, 0.25) is 23.6 Å². The van der Waals surface area contributed by atoms with E-state index in [-0.39, 0.29) is 104 Å². The fraction of sp³-hybridized carbons (Fsp3) is 0.639. The summed E-state index contributed by atoms with van der Waals surface area (Å²) in [5, 5.41) is 5.45. The van der Waals surface area contributed by atoms with E-state index in [9.17, 15) is 28.8 Å². The minimum Gasteiger partial charge on any atom is -0.540 e. The van der Waals surface area contributed by atoms with E-state index >= 15 is 17.6 Å². The van der Waals surface area contributed by atoms with Crippen LogP contribution in [-0.4, -0.2) is 142 Å². The van der Waals surface area contributed by atoms with Gasteiger partial charge in [-0.1, -0.05) is 80.3 Å². The molecule has 10 rings (SSSR count). The average molecular weight is 1290 g/mol. The fourth-order valence-electron chi connectivity index (χ4n) is 11.9. The number of halogens is 4. The van der Waals surface area contributed by atoms with Gasteiger partial charge < -0.3 is 58.4 Å². The van der Waals surface area contributed by atoms with Gasteiger partial charge in [0.25, 0.3) is 11.8 Å². The van der Waals surface area contributed by atoms with Gasteiger partial charge in [-0.2, -0.15) is 17.6 Å². The molecule has 2 N–H and O–H groups in total. The standard InChI is InChI=1S/C31H39F2N4O6.C30H37F2N4O6.2V/c1-17-22(16-38)37-15-23(17)42-26-24(34-20-11-10-19(41-6)13-21(20)35-26)31(32,33)12-8-7-9-18-14-30(18,5)43-28(40)36-25(27(37)39)29(2,3)4;1-16-21(15-37)36-14-23(16)41-26-24(33-19-10-9-18(40-5)13-20(19)34-26)30(31,32)11-7-6-8-17-12-22(17)42-28(39)35-25(27(36)38)29(2,3)4;;/h10-11,13,17-18,22-23,25H,7-9,12,14-15H2,1-6H3,(H,36,40);9-10,13,16-17,21-23,25H,6-8,11-12,14H2,1-5H3,(H,35,39);;/q2*-1;;/t17-,18+,22+,23-,25+,30+;16-,17+,21+,22+,23-,25+;;/m00../s1. The summed E-state index contributed by atoms with van der Waals surface area (Å²) in [6, 6.07) is 5.41. The van der Waals surface area contributed by atoms with E-state index in [1.165, 1.54) is 24.0 Å². The molecule has 2 radical (unpaired) electrons. The minimum atomic E-state index is -3.37. The molecule has 472 valence electrons. The van der Waals surface area contributed by atoms with E-state index in [0.717, 1.165) is 0 Å². The van der Waals surface area contributed by atoms with Crippen LogP contribution in [-0.2, 0) is 77.6 Å². The van der Waals surface area contributed by atoms with Crippen molar-refractivity contribution in [2.75, 3.05) is 27.3 Å². The molecule has 2 aliphatic carbocycles. The van der Waals surface area contributed by atoms with Gasteiger partial charge in [0.15, 0.2) is 11.4 Å². The molecule has 4 aliphatic heterocycles. The fourth-order valence-corrected chi connectivity index (χ4v) is 11.9. The largest absolute Gasteiger partial charge is 0.540 e. The molecule has 2 saturated heterocycles. The van der Waals surface area contributed by atoms with Gasteiger partial charge in [0.1, 0.15) is 47.5 Å². The number of hydrogen-bond donors (Lipinski definition) is 2. The molecule has 2 aromatic heterocycles. The smallest absolute Gasteiger partial charge is 0.408 e. The minimum absolute atomic E-state index is 0. The van der Waals surface area contributed by atoms with Crippen molar-refractivity contribution in [3.63, 3.8) is 0 Å². The van der Waals surface area contributed by atoms with Crippen LogP contribution in [0.25, 0.3) is 22.1 Å². The van der Waals surface area contributed by atoms with E-state index in [1.807, 2.05) is 19.5 Å². The van der Waals surface area contributed by atoms with Crippen LogP contribution < -0.4 is 29.6 Å². The monoisotopic (exact) mass is 1290 g/mol. The van der Waals surface area contributed by atoms with Gasteiger partial charge in [-0.15, -0.1) is 0 Å². The van der Waals surface area contributed by atoms with Crippen molar-refractivity contribution < 1.29 is 112 Å². The molecule has 6 aliphatic rings. The summed E-state index contributed by atoms with van der Waals surface area (Å²) in [5.74, 6) is -8.64. The number of carbonyl (C=O) groups is 4. The van der Waals surface area contributed by atoms with E-state index in [1.54, 1.807) is 91.8 Å². The Morgan fingerprint density at radius 3 is 1.47 bits per heavy atom. The molecule has 12 atom stereocenters. The molecule has 0 spiro atoms. The Kier molecular flexibility index (Phi) is 21.0. The van der Waals surface area contributed by atoms with Crippen molar-refractivity contribution in [1.82, 2.24) is 40.4 Å². The van der Waals surface area contributed by atoms with Crippen molar-refractivity contribution >= 4 is 58.6 Å². The SMILES string of the molecule is COc1ccc2nc3c(nc2c1)O[C@H]1CN(C(=O)[C@H](C(C)(C)C)NC(=O)O[C@@H]2C[C@H]2CCCCC3(F)F)[C@H]([C-]=O)[C@@H]1C.COc1ccc2nc3c(nc2c1)O[C@H]1CN(C(=O)[C@H](C(C)(C)C)NC(=O)O[C@]2(C)C[C@H]2CCCCC3(F)F)[C@H]([C-]=O)[C@@H]1C.[V].[V]. The van der Waals surface area contributed by atoms with Crippen molar-refractivity contribution in [2.45, 2.75) is 186 Å². The second-order valence-electron chi connectivity index (χ2n) is 25.9. The maximum atomic E-state index is 15.9. The van der Waals surface area contributed by atoms with E-state index in [4.69, 9.17) is 28.4 Å². The van der Waals surface area contributed by atoms with E-state index in [2.05, 4.69) is 30.6 Å². The number of fused-ring (bicyclic) bond motifs is 10.